The van der Waals surface area contributed by atoms with E-state index in [4.69, 9.17) is 5.79 Å². The van der Waals surface area contributed by atoms with E-state index in [2.05, 4.69) is 109 Å². The molecule has 1 heterocycles. The Bertz CT molecular complexity index is 2190. The lowest BCUT2D eigenvalue weighted by molar-refractivity contribution is 0.669. The summed E-state index contributed by atoms with van der Waals surface area (Å²) < 4.78 is 14.9. The Labute approximate surface area is 215 Å². The lowest BCUT2D eigenvalue weighted by Crippen LogP contribution is -1.91. The maximum atomic E-state index is 8.50. The Balaban J connectivity index is 1.57. The van der Waals surface area contributed by atoms with Gasteiger partial charge in [0.25, 0.3) is 0 Å². The minimum absolute atomic E-state index is 0.509. The molecule has 7 aromatic carbocycles. The Morgan fingerprint density at radius 3 is 1.92 bits per heavy atom. The molecule has 0 saturated heterocycles. The molecule has 0 aliphatic heterocycles. The molecular formula is C36H22O. The first-order valence-corrected chi connectivity index (χ1v) is 12.6. The Morgan fingerprint density at radius 1 is 0.459 bits per heavy atom. The van der Waals surface area contributed by atoms with Crippen molar-refractivity contribution < 1.29 is 5.79 Å². The number of hydrogen-bond donors (Lipinski definition) is 0. The predicted molar refractivity (Wildman–Crippen MR) is 157 cm³/mol. The summed E-state index contributed by atoms with van der Waals surface area (Å²) in [6, 6.07) is 44.9. The third-order valence-corrected chi connectivity index (χ3v) is 7.56. The summed E-state index contributed by atoms with van der Waals surface area (Å²) in [5.74, 6) is 0. The van der Waals surface area contributed by atoms with E-state index >= 15 is 0 Å². The first kappa shape index (κ1) is 19.3. The van der Waals surface area contributed by atoms with Gasteiger partial charge in [0.15, 0.2) is 0 Å². The molecule has 0 spiro atoms. The van der Waals surface area contributed by atoms with Crippen LogP contribution >= 0.6 is 0 Å². The first-order valence-electron chi connectivity index (χ1n) is 13.1. The zero-order valence-corrected chi connectivity index (χ0v) is 20.0. The molecule has 0 aliphatic rings. The average Bonchev–Trinajstić information content (AvgIpc) is 3.32. The van der Waals surface area contributed by atoms with Crippen LogP contribution in [0.15, 0.2) is 138 Å². The van der Waals surface area contributed by atoms with Gasteiger partial charge in [-0.25, -0.2) is 0 Å². The molecule has 0 aliphatic carbocycles. The van der Waals surface area contributed by atoms with Crippen molar-refractivity contribution in [1.82, 2.24) is 0 Å². The maximum Gasteiger partial charge on any atom is 0.136 e. The molecule has 0 radical (unpaired) electrons. The number of benzene rings is 7. The van der Waals surface area contributed by atoms with Crippen LogP contribution < -0.4 is 0 Å². The van der Waals surface area contributed by atoms with Crippen molar-refractivity contribution >= 4 is 54.3 Å². The minimum atomic E-state index is 0.509. The highest BCUT2D eigenvalue weighted by Gasteiger charge is 2.20. The molecule has 0 amide bonds. The highest BCUT2D eigenvalue weighted by atomic mass is 16.3. The van der Waals surface area contributed by atoms with E-state index in [-0.39, 0.29) is 0 Å². The van der Waals surface area contributed by atoms with E-state index in [0.29, 0.717) is 6.04 Å². The molecule has 0 saturated carbocycles. The fourth-order valence-corrected chi connectivity index (χ4v) is 5.99. The maximum absolute atomic E-state index is 8.50. The van der Waals surface area contributed by atoms with Gasteiger partial charge in [-0.1, -0.05) is 115 Å². The normalized spacial score (nSPS) is 12.2. The van der Waals surface area contributed by atoms with Crippen LogP contribution in [0.3, 0.4) is 0 Å². The molecule has 8 aromatic rings. The van der Waals surface area contributed by atoms with Gasteiger partial charge in [-0.05, 0) is 72.8 Å². The van der Waals surface area contributed by atoms with Crippen LogP contribution in [0.25, 0.3) is 76.5 Å². The molecule has 8 rings (SSSR count). The SMILES string of the molecule is [2H]c1ccc2c(-c3cccc4oc5cc6ccccc6cc5c34)c3ccccc3c(-c3ccccc3)c2c1. The first-order chi connectivity index (χ1) is 18.8. The van der Waals surface area contributed by atoms with Gasteiger partial charge in [-0.15, -0.1) is 0 Å². The van der Waals surface area contributed by atoms with Gasteiger partial charge in [0, 0.05) is 10.8 Å². The average molecular weight is 472 g/mol. The molecule has 0 fully saturated rings. The summed E-state index contributed by atoms with van der Waals surface area (Å²) in [5, 5.41) is 9.23. The smallest absolute Gasteiger partial charge is 0.136 e. The van der Waals surface area contributed by atoms with Gasteiger partial charge < -0.3 is 4.42 Å². The Morgan fingerprint density at radius 2 is 1.11 bits per heavy atom. The second-order valence-electron chi connectivity index (χ2n) is 9.61. The Kier molecular flexibility index (Phi) is 4.08. The third-order valence-electron chi connectivity index (χ3n) is 7.56. The van der Waals surface area contributed by atoms with E-state index in [1.807, 2.05) is 18.2 Å². The minimum Gasteiger partial charge on any atom is -0.456 e. The summed E-state index contributed by atoms with van der Waals surface area (Å²) >= 11 is 0. The fraction of sp³-hybridized carbons (Fsp3) is 0. The molecule has 1 heteroatoms. The van der Waals surface area contributed by atoms with Crippen LogP contribution in [0, 0.1) is 0 Å². The molecule has 1 aromatic heterocycles. The van der Waals surface area contributed by atoms with Gasteiger partial charge in [0.05, 0.1) is 1.37 Å². The van der Waals surface area contributed by atoms with Crippen LogP contribution in [0.4, 0.5) is 0 Å². The van der Waals surface area contributed by atoms with Crippen molar-refractivity contribution in [2.24, 2.45) is 0 Å². The van der Waals surface area contributed by atoms with E-state index in [1.54, 1.807) is 0 Å². The molecular weight excluding hydrogens is 448 g/mol. The lowest BCUT2D eigenvalue weighted by atomic mass is 9.85. The van der Waals surface area contributed by atoms with Crippen LogP contribution in [0.1, 0.15) is 1.37 Å². The van der Waals surface area contributed by atoms with E-state index in [0.717, 1.165) is 43.8 Å². The van der Waals surface area contributed by atoms with Gasteiger partial charge in [0.1, 0.15) is 11.2 Å². The van der Waals surface area contributed by atoms with Crippen molar-refractivity contribution in [3.63, 3.8) is 0 Å². The summed E-state index contributed by atoms with van der Waals surface area (Å²) in [7, 11) is 0. The zero-order chi connectivity index (χ0) is 25.2. The standard InChI is InChI=1S/C36H22O/c1-2-11-23(12-3-1)34-26-15-6-8-17-28(26)35(29-18-9-7-16-27(29)34)30-19-10-20-32-36(30)31-21-24-13-4-5-14-25(24)22-33(31)37-32/h1-22H/i6D. The van der Waals surface area contributed by atoms with Gasteiger partial charge >= 0.3 is 0 Å². The van der Waals surface area contributed by atoms with Crippen LogP contribution in [-0.2, 0) is 0 Å². The van der Waals surface area contributed by atoms with Crippen LogP contribution in [-0.4, -0.2) is 0 Å². The van der Waals surface area contributed by atoms with Crippen molar-refractivity contribution in [3.8, 4) is 22.3 Å². The van der Waals surface area contributed by atoms with E-state index in [1.165, 1.54) is 32.7 Å². The topological polar surface area (TPSA) is 13.1 Å². The van der Waals surface area contributed by atoms with Gasteiger partial charge in [-0.3, -0.25) is 0 Å². The summed E-state index contributed by atoms with van der Waals surface area (Å²) in [6.07, 6.45) is 0. The number of hydrogen-bond acceptors (Lipinski definition) is 1. The van der Waals surface area contributed by atoms with E-state index in [9.17, 15) is 0 Å². The molecule has 1 nitrogen and oxygen atoms in total. The van der Waals surface area contributed by atoms with Gasteiger partial charge in [0.2, 0.25) is 0 Å². The van der Waals surface area contributed by atoms with Crippen molar-refractivity contribution in [3.05, 3.63) is 133 Å². The number of furan rings is 1. The van der Waals surface area contributed by atoms with Gasteiger partial charge in [-0.2, -0.15) is 0 Å². The van der Waals surface area contributed by atoms with Crippen molar-refractivity contribution in [2.75, 3.05) is 0 Å². The second-order valence-corrected chi connectivity index (χ2v) is 9.61. The summed E-state index contributed by atoms with van der Waals surface area (Å²) in [6.45, 7) is 0. The van der Waals surface area contributed by atoms with Crippen LogP contribution in [0.5, 0.6) is 0 Å². The summed E-state index contributed by atoms with van der Waals surface area (Å²) in [5.41, 5.74) is 6.43. The lowest BCUT2D eigenvalue weighted by Gasteiger charge is -2.18. The van der Waals surface area contributed by atoms with Crippen LogP contribution in [0.2, 0.25) is 0 Å². The quantitative estimate of drug-likeness (QED) is 0.229. The van der Waals surface area contributed by atoms with Crippen molar-refractivity contribution in [1.29, 1.82) is 0 Å². The monoisotopic (exact) mass is 471 g/mol. The molecule has 0 unspecified atom stereocenters. The fourth-order valence-electron chi connectivity index (χ4n) is 5.99. The predicted octanol–water partition coefficient (Wildman–Crippen LogP) is 10.4. The molecule has 172 valence electrons. The highest BCUT2D eigenvalue weighted by molar-refractivity contribution is 6.26. The van der Waals surface area contributed by atoms with E-state index < -0.39 is 0 Å². The molecule has 0 N–H and O–H groups in total. The molecule has 0 atom stereocenters. The molecule has 0 bridgehead atoms. The Hall–Kier alpha value is -4.88. The number of rotatable bonds is 2. The van der Waals surface area contributed by atoms with Crippen molar-refractivity contribution in [2.45, 2.75) is 0 Å². The third kappa shape index (κ3) is 2.98. The molecule has 37 heavy (non-hydrogen) atoms. The highest BCUT2D eigenvalue weighted by Crippen LogP contribution is 2.47. The second kappa shape index (κ2) is 7.81. The largest absolute Gasteiger partial charge is 0.456 e. The number of fused-ring (bicyclic) bond motifs is 6. The zero-order valence-electron chi connectivity index (χ0n) is 21.0. The summed E-state index contributed by atoms with van der Waals surface area (Å²) in [4.78, 5) is 0.